The maximum Gasteiger partial charge on any atom is 0.263 e. The highest BCUT2D eigenvalue weighted by Gasteiger charge is 2.27. The maximum absolute atomic E-state index is 13.8. The van der Waals surface area contributed by atoms with Crippen molar-refractivity contribution in [2.75, 3.05) is 30.8 Å². The van der Waals surface area contributed by atoms with Gasteiger partial charge in [-0.15, -0.1) is 0 Å². The van der Waals surface area contributed by atoms with Crippen molar-refractivity contribution in [1.82, 2.24) is 15.0 Å². The lowest BCUT2D eigenvalue weighted by molar-refractivity contribution is 0.257. The molecule has 0 amide bonds. The first-order valence-electron chi connectivity index (χ1n) is 6.33. The molecule has 2 N–H and O–H groups in total. The van der Waals surface area contributed by atoms with Gasteiger partial charge in [0.05, 0.1) is 11.6 Å². The van der Waals surface area contributed by atoms with E-state index in [9.17, 15) is 4.39 Å². The molecular weight excluding hydrogens is 279 g/mol. The summed E-state index contributed by atoms with van der Waals surface area (Å²) in [5.41, 5.74) is 6.26. The lowest BCUT2D eigenvalue weighted by Crippen LogP contribution is -2.33. The third kappa shape index (κ3) is 2.38. The molecule has 0 radical (unpaired) electrons. The standard InChI is InChI=1S/C13H15FN4OS/c1-18-5-6-20-7-10(18)12-16-13(19-17-12)11-8(14)3-2-4-9(11)15/h2-4,10H,5-7,15H2,1H3. The van der Waals surface area contributed by atoms with E-state index in [-0.39, 0.29) is 17.5 Å². The van der Waals surface area contributed by atoms with Crippen molar-refractivity contribution < 1.29 is 8.91 Å². The summed E-state index contributed by atoms with van der Waals surface area (Å²) in [7, 11) is 2.03. The van der Waals surface area contributed by atoms with Crippen molar-refractivity contribution >= 4 is 17.4 Å². The molecule has 1 saturated heterocycles. The van der Waals surface area contributed by atoms with Crippen LogP contribution in [0.1, 0.15) is 11.9 Å². The Morgan fingerprint density at radius 3 is 3.10 bits per heavy atom. The van der Waals surface area contributed by atoms with Crippen molar-refractivity contribution in [3.05, 3.63) is 29.8 Å². The van der Waals surface area contributed by atoms with Crippen LogP contribution >= 0.6 is 11.8 Å². The predicted molar refractivity (Wildman–Crippen MR) is 76.8 cm³/mol. The monoisotopic (exact) mass is 294 g/mol. The van der Waals surface area contributed by atoms with Gasteiger partial charge in [-0.1, -0.05) is 11.2 Å². The van der Waals surface area contributed by atoms with E-state index in [2.05, 4.69) is 15.0 Å². The number of benzene rings is 1. The van der Waals surface area contributed by atoms with Crippen LogP contribution in [0.5, 0.6) is 0 Å². The molecule has 1 fully saturated rings. The zero-order valence-corrected chi connectivity index (χ0v) is 11.9. The van der Waals surface area contributed by atoms with Gasteiger partial charge in [0.25, 0.3) is 5.89 Å². The Kier molecular flexibility index (Phi) is 3.62. The van der Waals surface area contributed by atoms with Gasteiger partial charge in [-0.2, -0.15) is 16.7 Å². The lowest BCUT2D eigenvalue weighted by atomic mass is 10.1. The van der Waals surface area contributed by atoms with E-state index in [1.165, 1.54) is 6.07 Å². The Balaban J connectivity index is 1.94. The SMILES string of the molecule is CN1CCSCC1c1noc(-c2c(N)cccc2F)n1. The fourth-order valence-electron chi connectivity index (χ4n) is 2.20. The lowest BCUT2D eigenvalue weighted by Gasteiger charge is -2.29. The number of nitrogens with zero attached hydrogens (tertiary/aromatic N) is 3. The highest BCUT2D eigenvalue weighted by Crippen LogP contribution is 2.31. The number of nitrogen functional groups attached to an aromatic ring is 1. The Morgan fingerprint density at radius 2 is 2.35 bits per heavy atom. The minimum absolute atomic E-state index is 0.0965. The van der Waals surface area contributed by atoms with Crippen molar-refractivity contribution in [3.8, 4) is 11.5 Å². The molecule has 2 aromatic rings. The van der Waals surface area contributed by atoms with Crippen LogP contribution in [0.25, 0.3) is 11.5 Å². The second kappa shape index (κ2) is 5.41. The van der Waals surface area contributed by atoms with Crippen LogP contribution in [0.15, 0.2) is 22.7 Å². The summed E-state index contributed by atoms with van der Waals surface area (Å²) in [6, 6.07) is 4.60. The number of rotatable bonds is 2. The number of hydrogen-bond acceptors (Lipinski definition) is 6. The zero-order chi connectivity index (χ0) is 14.1. The van der Waals surface area contributed by atoms with Crippen LogP contribution in [0.2, 0.25) is 0 Å². The highest BCUT2D eigenvalue weighted by molar-refractivity contribution is 7.99. The third-order valence-electron chi connectivity index (χ3n) is 3.40. The first-order valence-corrected chi connectivity index (χ1v) is 7.48. The minimum atomic E-state index is -0.452. The fourth-order valence-corrected chi connectivity index (χ4v) is 3.41. The van der Waals surface area contributed by atoms with Crippen LogP contribution in [0, 0.1) is 5.82 Å². The molecule has 7 heteroatoms. The Labute approximate surface area is 120 Å². The van der Waals surface area contributed by atoms with Crippen molar-refractivity contribution in [3.63, 3.8) is 0 Å². The molecule has 0 spiro atoms. The molecule has 5 nitrogen and oxygen atoms in total. The molecule has 1 aliphatic rings. The van der Waals surface area contributed by atoms with Gasteiger partial charge in [-0.3, -0.25) is 4.90 Å². The molecule has 2 heterocycles. The van der Waals surface area contributed by atoms with E-state index >= 15 is 0 Å². The van der Waals surface area contributed by atoms with Crippen molar-refractivity contribution in [2.24, 2.45) is 0 Å². The largest absolute Gasteiger partial charge is 0.398 e. The van der Waals surface area contributed by atoms with Gasteiger partial charge in [0.1, 0.15) is 5.82 Å². The summed E-state index contributed by atoms with van der Waals surface area (Å²) in [5.74, 6) is 2.27. The van der Waals surface area contributed by atoms with Gasteiger partial charge >= 0.3 is 0 Å². The first-order chi connectivity index (χ1) is 9.66. The van der Waals surface area contributed by atoms with Crippen LogP contribution in [-0.2, 0) is 0 Å². The molecule has 20 heavy (non-hydrogen) atoms. The summed E-state index contributed by atoms with van der Waals surface area (Å²) in [4.78, 5) is 6.50. The molecule has 1 unspecified atom stereocenters. The summed E-state index contributed by atoms with van der Waals surface area (Å²) < 4.78 is 19.0. The van der Waals surface area contributed by atoms with Gasteiger partial charge in [0.2, 0.25) is 0 Å². The van der Waals surface area contributed by atoms with Crippen LogP contribution < -0.4 is 5.73 Å². The number of aromatic nitrogens is 2. The van der Waals surface area contributed by atoms with E-state index in [1.807, 2.05) is 18.8 Å². The fraction of sp³-hybridized carbons (Fsp3) is 0.385. The van der Waals surface area contributed by atoms with E-state index in [0.717, 1.165) is 18.1 Å². The summed E-state index contributed by atoms with van der Waals surface area (Å²) in [5, 5.41) is 3.99. The van der Waals surface area contributed by atoms with Crippen LogP contribution in [-0.4, -0.2) is 40.1 Å². The molecule has 1 atom stereocenters. The third-order valence-corrected chi connectivity index (χ3v) is 4.42. The average molecular weight is 294 g/mol. The molecule has 3 rings (SSSR count). The summed E-state index contributed by atoms with van der Waals surface area (Å²) >= 11 is 1.85. The first kappa shape index (κ1) is 13.4. The quantitative estimate of drug-likeness (QED) is 0.856. The number of anilines is 1. The minimum Gasteiger partial charge on any atom is -0.398 e. The molecule has 1 aromatic carbocycles. The second-order valence-electron chi connectivity index (χ2n) is 4.73. The zero-order valence-electron chi connectivity index (χ0n) is 11.0. The van der Waals surface area contributed by atoms with Gasteiger partial charge in [0.15, 0.2) is 5.82 Å². The van der Waals surface area contributed by atoms with Gasteiger partial charge in [-0.05, 0) is 19.2 Å². The average Bonchev–Trinajstić information content (AvgIpc) is 2.88. The van der Waals surface area contributed by atoms with Gasteiger partial charge in [-0.25, -0.2) is 4.39 Å². The van der Waals surface area contributed by atoms with Crippen LogP contribution in [0.3, 0.4) is 0 Å². The number of halogens is 1. The molecule has 106 valence electrons. The second-order valence-corrected chi connectivity index (χ2v) is 5.88. The van der Waals surface area contributed by atoms with Crippen molar-refractivity contribution in [2.45, 2.75) is 6.04 Å². The Bertz CT molecular complexity index is 598. The number of hydrogen-bond donors (Lipinski definition) is 1. The molecule has 0 saturated carbocycles. The molecular formula is C13H15FN4OS. The normalized spacial score (nSPS) is 20.2. The smallest absolute Gasteiger partial charge is 0.263 e. The molecule has 1 aromatic heterocycles. The molecule has 0 bridgehead atoms. The summed E-state index contributed by atoms with van der Waals surface area (Å²) in [6.07, 6.45) is 0. The Hall–Kier alpha value is -1.60. The Morgan fingerprint density at radius 1 is 1.50 bits per heavy atom. The van der Waals surface area contributed by atoms with E-state index in [0.29, 0.717) is 11.5 Å². The van der Waals surface area contributed by atoms with Crippen molar-refractivity contribution in [1.29, 1.82) is 0 Å². The molecule has 1 aliphatic heterocycles. The van der Waals surface area contributed by atoms with E-state index in [1.54, 1.807) is 12.1 Å². The molecule has 0 aliphatic carbocycles. The maximum atomic E-state index is 13.8. The van der Waals surface area contributed by atoms with Gasteiger partial charge < -0.3 is 10.3 Å². The number of thioether (sulfide) groups is 1. The predicted octanol–water partition coefficient (Wildman–Crippen LogP) is 2.18. The topological polar surface area (TPSA) is 68.2 Å². The van der Waals surface area contributed by atoms with E-state index in [4.69, 9.17) is 10.3 Å². The van der Waals surface area contributed by atoms with Crippen LogP contribution in [0.4, 0.5) is 10.1 Å². The number of nitrogens with two attached hydrogens (primary N) is 1. The van der Waals surface area contributed by atoms with E-state index < -0.39 is 5.82 Å². The summed E-state index contributed by atoms with van der Waals surface area (Å²) in [6.45, 7) is 0.973. The highest BCUT2D eigenvalue weighted by atomic mass is 32.2. The van der Waals surface area contributed by atoms with Gasteiger partial charge in [0, 0.05) is 23.7 Å².